The number of carbonyl (C=O) groups is 1. The number of aryl methyl sites for hydroxylation is 1. The van der Waals surface area contributed by atoms with Gasteiger partial charge in [0, 0.05) is 49.9 Å². The first kappa shape index (κ1) is 21.1. The lowest BCUT2D eigenvalue weighted by atomic mass is 9.94. The summed E-state index contributed by atoms with van der Waals surface area (Å²) in [5, 5.41) is 11.4. The van der Waals surface area contributed by atoms with Gasteiger partial charge in [-0.2, -0.15) is 5.10 Å². The highest BCUT2D eigenvalue weighted by Gasteiger charge is 2.26. The first-order valence-corrected chi connectivity index (χ1v) is 10.6. The molecule has 2 aromatic heterocycles. The highest BCUT2D eigenvalue weighted by Crippen LogP contribution is 2.28. The third-order valence-electron chi connectivity index (χ3n) is 5.99. The molecule has 0 unspecified atom stereocenters. The number of benzene rings is 1. The zero-order valence-corrected chi connectivity index (χ0v) is 18.3. The van der Waals surface area contributed by atoms with E-state index in [1.165, 1.54) is 11.3 Å². The Labute approximate surface area is 182 Å². The molecule has 4 rings (SSSR count). The molecule has 1 fully saturated rings. The van der Waals surface area contributed by atoms with Gasteiger partial charge in [-0.25, -0.2) is 0 Å². The average molecular weight is 424 g/mol. The van der Waals surface area contributed by atoms with Crippen LogP contribution in [-0.4, -0.2) is 45.9 Å². The Bertz CT molecular complexity index is 1040. The Morgan fingerprint density at radius 3 is 3.00 bits per heavy atom. The van der Waals surface area contributed by atoms with Crippen molar-refractivity contribution in [3.63, 3.8) is 0 Å². The summed E-state index contributed by atoms with van der Waals surface area (Å²) >= 11 is 0. The van der Waals surface area contributed by atoms with Gasteiger partial charge in [0.05, 0.1) is 19.0 Å². The van der Waals surface area contributed by atoms with Crippen molar-refractivity contribution in [3.8, 4) is 5.75 Å². The van der Waals surface area contributed by atoms with E-state index in [4.69, 9.17) is 9.26 Å². The van der Waals surface area contributed by atoms with Gasteiger partial charge in [0.1, 0.15) is 5.75 Å². The van der Waals surface area contributed by atoms with Crippen molar-refractivity contribution in [2.45, 2.75) is 38.8 Å². The molecule has 0 saturated carbocycles. The molecular formula is C23H29N5O3. The number of methoxy groups -OCH3 is 1. The van der Waals surface area contributed by atoms with E-state index in [-0.39, 0.29) is 17.6 Å². The van der Waals surface area contributed by atoms with Crippen LogP contribution in [0.15, 0.2) is 41.1 Å². The number of rotatable bonds is 7. The molecule has 1 atom stereocenters. The third-order valence-corrected chi connectivity index (χ3v) is 5.99. The van der Waals surface area contributed by atoms with Crippen LogP contribution in [-0.2, 0) is 20.1 Å². The largest absolute Gasteiger partial charge is 0.497 e. The Balaban J connectivity index is 1.35. The van der Waals surface area contributed by atoms with Crippen molar-refractivity contribution in [1.29, 1.82) is 0 Å². The Hall–Kier alpha value is -3.13. The lowest BCUT2D eigenvalue weighted by Gasteiger charge is -2.31. The van der Waals surface area contributed by atoms with E-state index in [9.17, 15) is 4.79 Å². The van der Waals surface area contributed by atoms with Gasteiger partial charge in [-0.3, -0.25) is 14.4 Å². The van der Waals surface area contributed by atoms with Crippen molar-refractivity contribution in [3.05, 3.63) is 64.8 Å². The van der Waals surface area contributed by atoms with Gasteiger partial charge >= 0.3 is 0 Å². The maximum Gasteiger partial charge on any atom is 0.290 e. The normalized spacial score (nSPS) is 16.9. The van der Waals surface area contributed by atoms with E-state index in [1.807, 2.05) is 42.2 Å². The van der Waals surface area contributed by atoms with Crippen LogP contribution < -0.4 is 10.1 Å². The van der Waals surface area contributed by atoms with E-state index in [1.54, 1.807) is 13.2 Å². The topological polar surface area (TPSA) is 85.4 Å². The second-order valence-electron chi connectivity index (χ2n) is 8.10. The van der Waals surface area contributed by atoms with Crippen LogP contribution in [0, 0.1) is 6.92 Å². The standard InChI is InChI=1S/C23H29N5O3/c1-16-19(13-25-27(16)2)15-28-9-5-7-18(14-28)21-11-22(31-26-21)23(29)24-12-17-6-4-8-20(10-17)30-3/h4,6,8,10-11,13,18H,5,7,9,12,14-15H2,1-3H3,(H,24,29)/t18-/m0/s1. The van der Waals surface area contributed by atoms with Crippen LogP contribution in [0.5, 0.6) is 5.75 Å². The molecule has 8 nitrogen and oxygen atoms in total. The number of ether oxygens (including phenoxy) is 1. The van der Waals surface area contributed by atoms with Gasteiger partial charge in [-0.15, -0.1) is 0 Å². The molecule has 1 saturated heterocycles. The van der Waals surface area contributed by atoms with E-state index in [2.05, 4.69) is 27.4 Å². The summed E-state index contributed by atoms with van der Waals surface area (Å²) in [4.78, 5) is 14.9. The first-order chi connectivity index (χ1) is 15.0. The van der Waals surface area contributed by atoms with E-state index < -0.39 is 0 Å². The van der Waals surface area contributed by atoms with Gasteiger partial charge in [0.25, 0.3) is 5.91 Å². The van der Waals surface area contributed by atoms with Crippen LogP contribution in [0.3, 0.4) is 0 Å². The lowest BCUT2D eigenvalue weighted by molar-refractivity contribution is 0.0913. The Morgan fingerprint density at radius 1 is 1.35 bits per heavy atom. The number of likely N-dealkylation sites (tertiary alicyclic amines) is 1. The van der Waals surface area contributed by atoms with Crippen LogP contribution in [0.25, 0.3) is 0 Å². The summed E-state index contributed by atoms with van der Waals surface area (Å²) < 4.78 is 12.5. The third kappa shape index (κ3) is 4.96. The van der Waals surface area contributed by atoms with Crippen molar-refractivity contribution >= 4 is 5.91 Å². The van der Waals surface area contributed by atoms with Crippen LogP contribution >= 0.6 is 0 Å². The van der Waals surface area contributed by atoms with Crippen molar-refractivity contribution in [2.75, 3.05) is 20.2 Å². The molecule has 31 heavy (non-hydrogen) atoms. The van der Waals surface area contributed by atoms with Gasteiger partial charge in [-0.05, 0) is 44.0 Å². The molecule has 1 amide bonds. The van der Waals surface area contributed by atoms with E-state index in [0.29, 0.717) is 6.54 Å². The molecule has 0 bridgehead atoms. The maximum atomic E-state index is 12.5. The minimum atomic E-state index is -0.264. The molecule has 1 aliphatic heterocycles. The molecule has 0 radical (unpaired) electrons. The molecule has 1 N–H and O–H groups in total. The van der Waals surface area contributed by atoms with Crippen molar-refractivity contribution in [2.24, 2.45) is 7.05 Å². The zero-order valence-electron chi connectivity index (χ0n) is 18.3. The SMILES string of the molecule is COc1cccc(CNC(=O)c2cc([C@H]3CCCN(Cc4cnn(C)c4C)C3)no2)c1. The van der Waals surface area contributed by atoms with Gasteiger partial charge in [0.2, 0.25) is 5.76 Å². The smallest absolute Gasteiger partial charge is 0.290 e. The summed E-state index contributed by atoms with van der Waals surface area (Å²) in [6, 6.07) is 9.39. The fourth-order valence-corrected chi connectivity index (χ4v) is 4.02. The van der Waals surface area contributed by atoms with Gasteiger partial charge in [0.15, 0.2) is 0 Å². The molecule has 3 aromatic rings. The fraction of sp³-hybridized carbons (Fsp3) is 0.435. The second-order valence-corrected chi connectivity index (χ2v) is 8.10. The number of aromatic nitrogens is 3. The minimum absolute atomic E-state index is 0.248. The molecule has 0 spiro atoms. The van der Waals surface area contributed by atoms with Crippen LogP contribution in [0.2, 0.25) is 0 Å². The van der Waals surface area contributed by atoms with E-state index in [0.717, 1.165) is 49.5 Å². The number of amides is 1. The van der Waals surface area contributed by atoms with Crippen molar-refractivity contribution < 1.29 is 14.1 Å². The van der Waals surface area contributed by atoms with Gasteiger partial charge < -0.3 is 14.6 Å². The number of piperidine rings is 1. The lowest BCUT2D eigenvalue weighted by Crippen LogP contribution is -2.34. The molecule has 1 aliphatic rings. The van der Waals surface area contributed by atoms with Gasteiger partial charge in [-0.1, -0.05) is 17.3 Å². The zero-order chi connectivity index (χ0) is 21.8. The summed E-state index contributed by atoms with van der Waals surface area (Å²) in [5.74, 6) is 1.00. The monoisotopic (exact) mass is 423 g/mol. The fourth-order valence-electron chi connectivity index (χ4n) is 4.02. The summed E-state index contributed by atoms with van der Waals surface area (Å²) in [6.45, 7) is 5.32. The number of nitrogens with zero attached hydrogens (tertiary/aromatic N) is 4. The van der Waals surface area contributed by atoms with Crippen LogP contribution in [0.4, 0.5) is 0 Å². The Morgan fingerprint density at radius 2 is 2.23 bits per heavy atom. The molecule has 1 aromatic carbocycles. The van der Waals surface area contributed by atoms with Crippen molar-refractivity contribution in [1.82, 2.24) is 25.2 Å². The number of nitrogens with one attached hydrogen (secondary N) is 1. The Kier molecular flexibility index (Phi) is 6.36. The van der Waals surface area contributed by atoms with E-state index >= 15 is 0 Å². The average Bonchev–Trinajstić information content (AvgIpc) is 3.41. The number of hydrogen-bond donors (Lipinski definition) is 1. The molecule has 8 heteroatoms. The summed E-state index contributed by atoms with van der Waals surface area (Å²) in [5.41, 5.74) is 4.25. The molecule has 0 aliphatic carbocycles. The molecule has 3 heterocycles. The second kappa shape index (κ2) is 9.34. The first-order valence-electron chi connectivity index (χ1n) is 10.6. The predicted octanol–water partition coefficient (Wildman–Crippen LogP) is 3.03. The predicted molar refractivity (Wildman–Crippen MR) is 116 cm³/mol. The quantitative estimate of drug-likeness (QED) is 0.629. The molecule has 164 valence electrons. The highest BCUT2D eigenvalue weighted by atomic mass is 16.5. The van der Waals surface area contributed by atoms with Crippen LogP contribution in [0.1, 0.15) is 51.8 Å². The summed E-state index contributed by atoms with van der Waals surface area (Å²) in [7, 11) is 3.59. The summed E-state index contributed by atoms with van der Waals surface area (Å²) in [6.07, 6.45) is 4.08. The minimum Gasteiger partial charge on any atom is -0.497 e. The number of carbonyl (C=O) groups excluding carboxylic acids is 1. The molecular weight excluding hydrogens is 394 g/mol. The highest BCUT2D eigenvalue weighted by molar-refractivity contribution is 5.91. The number of hydrogen-bond acceptors (Lipinski definition) is 6. The maximum absolute atomic E-state index is 12.5.